The van der Waals surface area contributed by atoms with Crippen molar-refractivity contribution >= 4 is 5.69 Å². The number of nitrogens with zero attached hydrogens (tertiary/aromatic N) is 3. The lowest BCUT2D eigenvalue weighted by Crippen LogP contribution is -2.45. The van der Waals surface area contributed by atoms with Gasteiger partial charge in [0.2, 0.25) is 0 Å². The summed E-state index contributed by atoms with van der Waals surface area (Å²) in [7, 11) is 2.01. The summed E-state index contributed by atoms with van der Waals surface area (Å²) in [5.41, 5.74) is -0.527. The lowest BCUT2D eigenvalue weighted by molar-refractivity contribution is -0.137. The summed E-state index contributed by atoms with van der Waals surface area (Å²) < 4.78 is 38.6. The van der Waals surface area contributed by atoms with Crippen molar-refractivity contribution in [3.63, 3.8) is 0 Å². The third-order valence-electron chi connectivity index (χ3n) is 3.94. The highest BCUT2D eigenvalue weighted by molar-refractivity contribution is 5.45. The molecule has 1 aliphatic heterocycles. The predicted molar refractivity (Wildman–Crippen MR) is 74.4 cm³/mol. The first kappa shape index (κ1) is 15.9. The quantitative estimate of drug-likeness (QED) is 0.803. The Morgan fingerprint density at radius 3 is 2.29 bits per heavy atom. The van der Waals surface area contributed by atoms with Gasteiger partial charge in [-0.15, -0.1) is 4.91 Å². The highest BCUT2D eigenvalue weighted by atomic mass is 19.4. The topological polar surface area (TPSA) is 35.9 Å². The first-order valence-corrected chi connectivity index (χ1v) is 6.79. The molecule has 0 aliphatic carbocycles. The van der Waals surface area contributed by atoms with Crippen LogP contribution in [0.25, 0.3) is 0 Å². The number of piperazine rings is 1. The number of likely N-dealkylation sites (N-methyl/N-ethyl adjacent to an activating group) is 1. The van der Waals surface area contributed by atoms with Crippen LogP contribution in [0.1, 0.15) is 24.1 Å². The molecule has 1 fully saturated rings. The predicted octanol–water partition coefficient (Wildman–Crippen LogP) is 3.41. The van der Waals surface area contributed by atoms with E-state index in [1.54, 1.807) is 0 Å². The number of halogens is 3. The first-order chi connectivity index (χ1) is 9.81. The van der Waals surface area contributed by atoms with Gasteiger partial charge in [-0.25, -0.2) is 0 Å². The van der Waals surface area contributed by atoms with Crippen molar-refractivity contribution in [2.24, 2.45) is 5.18 Å². The van der Waals surface area contributed by atoms with Crippen molar-refractivity contribution in [1.82, 2.24) is 9.80 Å². The lowest BCUT2D eigenvalue weighted by Gasteiger charge is -2.36. The van der Waals surface area contributed by atoms with Gasteiger partial charge in [0.05, 0.1) is 5.56 Å². The van der Waals surface area contributed by atoms with Crippen molar-refractivity contribution in [3.05, 3.63) is 34.2 Å². The summed E-state index contributed by atoms with van der Waals surface area (Å²) in [6.45, 7) is 5.19. The van der Waals surface area contributed by atoms with Crippen LogP contribution in [0.4, 0.5) is 18.9 Å². The maximum atomic E-state index is 12.9. The van der Waals surface area contributed by atoms with Crippen molar-refractivity contribution in [3.8, 4) is 0 Å². The molecule has 4 nitrogen and oxygen atoms in total. The van der Waals surface area contributed by atoms with Gasteiger partial charge in [-0.2, -0.15) is 13.2 Å². The average Bonchev–Trinajstić information content (AvgIpc) is 2.46. The average molecular weight is 301 g/mol. The van der Waals surface area contributed by atoms with Gasteiger partial charge in [0, 0.05) is 32.2 Å². The van der Waals surface area contributed by atoms with E-state index in [9.17, 15) is 18.1 Å². The summed E-state index contributed by atoms with van der Waals surface area (Å²) in [5.74, 6) is 0. The van der Waals surface area contributed by atoms with Gasteiger partial charge in [0.25, 0.3) is 0 Å². The van der Waals surface area contributed by atoms with Crippen molar-refractivity contribution in [2.45, 2.75) is 19.1 Å². The van der Waals surface area contributed by atoms with E-state index in [2.05, 4.69) is 15.0 Å². The van der Waals surface area contributed by atoms with Crippen LogP contribution in [-0.2, 0) is 6.18 Å². The second-order valence-corrected chi connectivity index (χ2v) is 5.42. The molecule has 0 bridgehead atoms. The van der Waals surface area contributed by atoms with Gasteiger partial charge in [0.1, 0.15) is 5.69 Å². The molecule has 0 aromatic heterocycles. The van der Waals surface area contributed by atoms with Crippen molar-refractivity contribution < 1.29 is 13.2 Å². The molecule has 0 N–H and O–H groups in total. The largest absolute Gasteiger partial charge is 0.416 e. The molecule has 0 amide bonds. The fourth-order valence-electron chi connectivity index (χ4n) is 2.51. The molecule has 0 saturated carbocycles. The number of benzene rings is 1. The van der Waals surface area contributed by atoms with Crippen LogP contribution in [0.2, 0.25) is 0 Å². The molecule has 7 heteroatoms. The highest BCUT2D eigenvalue weighted by Crippen LogP contribution is 2.35. The number of nitroso groups, excluding NO2 is 1. The van der Waals surface area contributed by atoms with E-state index in [-0.39, 0.29) is 11.7 Å². The zero-order chi connectivity index (χ0) is 15.6. The fourth-order valence-corrected chi connectivity index (χ4v) is 2.51. The third-order valence-corrected chi connectivity index (χ3v) is 3.94. The van der Waals surface area contributed by atoms with Crippen LogP contribution < -0.4 is 0 Å². The van der Waals surface area contributed by atoms with Crippen molar-refractivity contribution in [1.29, 1.82) is 0 Å². The Balaban J connectivity index is 2.27. The molecule has 1 unspecified atom stereocenters. The van der Waals surface area contributed by atoms with Gasteiger partial charge < -0.3 is 4.90 Å². The molecule has 1 aromatic carbocycles. The minimum Gasteiger partial charge on any atom is -0.304 e. The van der Waals surface area contributed by atoms with Crippen LogP contribution in [-0.4, -0.2) is 43.0 Å². The van der Waals surface area contributed by atoms with Gasteiger partial charge in [-0.1, -0.05) is 0 Å². The standard InChI is InChI=1S/C14H18F3N3O/c1-10(20-5-3-19(2)4-6-20)11-7-12(14(15,16)17)9-13(8-11)18-21/h7-10H,3-6H2,1-2H3. The van der Waals surface area contributed by atoms with Crippen LogP contribution >= 0.6 is 0 Å². The zero-order valence-electron chi connectivity index (χ0n) is 12.0. The molecule has 21 heavy (non-hydrogen) atoms. The SMILES string of the molecule is CC(c1cc(N=O)cc(C(F)(F)F)c1)N1CCN(C)CC1. The van der Waals surface area contributed by atoms with Crippen LogP contribution in [0.15, 0.2) is 23.4 Å². The molecule has 1 aromatic rings. The van der Waals surface area contributed by atoms with Crippen molar-refractivity contribution in [2.75, 3.05) is 33.2 Å². The monoisotopic (exact) mass is 301 g/mol. The van der Waals surface area contributed by atoms with Crippen LogP contribution in [0.3, 0.4) is 0 Å². The molecule has 1 saturated heterocycles. The molecule has 116 valence electrons. The van der Waals surface area contributed by atoms with E-state index in [1.165, 1.54) is 6.07 Å². The minimum absolute atomic E-state index is 0.179. The highest BCUT2D eigenvalue weighted by Gasteiger charge is 2.32. The number of hydrogen-bond acceptors (Lipinski definition) is 4. The van der Waals surface area contributed by atoms with Gasteiger partial charge in [-0.05, 0) is 42.9 Å². The molecule has 1 atom stereocenters. The van der Waals surface area contributed by atoms with Gasteiger partial charge >= 0.3 is 6.18 Å². The minimum atomic E-state index is -4.47. The fraction of sp³-hybridized carbons (Fsp3) is 0.571. The number of hydrogen-bond donors (Lipinski definition) is 0. The Labute approximate surface area is 121 Å². The molecule has 0 spiro atoms. The Morgan fingerprint density at radius 2 is 1.76 bits per heavy atom. The van der Waals surface area contributed by atoms with E-state index in [0.717, 1.165) is 38.3 Å². The molecule has 1 aliphatic rings. The normalized spacial score (nSPS) is 19.5. The summed E-state index contributed by atoms with van der Waals surface area (Å²) in [6.07, 6.45) is -4.47. The van der Waals surface area contributed by atoms with E-state index in [0.29, 0.717) is 5.56 Å². The van der Waals surface area contributed by atoms with E-state index in [4.69, 9.17) is 0 Å². The summed E-state index contributed by atoms with van der Waals surface area (Å²) >= 11 is 0. The summed E-state index contributed by atoms with van der Waals surface area (Å²) in [4.78, 5) is 14.9. The number of rotatable bonds is 3. The third kappa shape index (κ3) is 3.79. The summed E-state index contributed by atoms with van der Waals surface area (Å²) in [5, 5.41) is 2.67. The molecule has 0 radical (unpaired) electrons. The lowest BCUT2D eigenvalue weighted by atomic mass is 10.0. The maximum absolute atomic E-state index is 12.9. The second kappa shape index (κ2) is 6.11. The van der Waals surface area contributed by atoms with Gasteiger partial charge in [-0.3, -0.25) is 4.90 Å². The molecule has 1 heterocycles. The second-order valence-electron chi connectivity index (χ2n) is 5.42. The smallest absolute Gasteiger partial charge is 0.304 e. The van der Waals surface area contributed by atoms with Crippen LogP contribution in [0, 0.1) is 4.91 Å². The first-order valence-electron chi connectivity index (χ1n) is 6.79. The Bertz CT molecular complexity index is 511. The Morgan fingerprint density at radius 1 is 1.14 bits per heavy atom. The van der Waals surface area contributed by atoms with Crippen LogP contribution in [0.5, 0.6) is 0 Å². The Hall–Kier alpha value is -1.47. The Kier molecular flexibility index (Phi) is 4.63. The van der Waals surface area contributed by atoms with E-state index < -0.39 is 11.7 Å². The van der Waals surface area contributed by atoms with Gasteiger partial charge in [0.15, 0.2) is 0 Å². The maximum Gasteiger partial charge on any atom is 0.416 e. The molecular formula is C14H18F3N3O. The molecular weight excluding hydrogens is 283 g/mol. The van der Waals surface area contributed by atoms with E-state index >= 15 is 0 Å². The molecule has 2 rings (SSSR count). The zero-order valence-corrected chi connectivity index (χ0v) is 12.0. The number of alkyl halides is 3. The summed E-state index contributed by atoms with van der Waals surface area (Å²) in [6, 6.07) is 3.15. The van der Waals surface area contributed by atoms with E-state index in [1.807, 2.05) is 14.0 Å².